The molecule has 2 aromatic rings. The summed E-state index contributed by atoms with van der Waals surface area (Å²) >= 11 is 0. The van der Waals surface area contributed by atoms with Crippen LogP contribution >= 0.6 is 0 Å². The second kappa shape index (κ2) is 4.84. The van der Waals surface area contributed by atoms with Crippen LogP contribution in [-0.4, -0.2) is 0 Å². The number of benzene rings is 2. The molecular formula is C22H22. The Morgan fingerprint density at radius 3 is 1.27 bits per heavy atom. The highest BCUT2D eigenvalue weighted by molar-refractivity contribution is 5.56. The molecule has 0 fully saturated rings. The third kappa shape index (κ3) is 1.64. The van der Waals surface area contributed by atoms with Crippen LogP contribution in [0.1, 0.15) is 59.8 Å². The maximum absolute atomic E-state index is 2.41. The molecule has 4 aliphatic rings. The lowest BCUT2D eigenvalue weighted by Gasteiger charge is -2.51. The van der Waals surface area contributed by atoms with Gasteiger partial charge in [0.05, 0.1) is 0 Å². The number of allylic oxidation sites excluding steroid dienone is 2. The molecule has 0 nitrogen and oxygen atoms in total. The first kappa shape index (κ1) is 12.7. The van der Waals surface area contributed by atoms with Crippen LogP contribution in [0, 0.1) is 11.8 Å². The van der Waals surface area contributed by atoms with E-state index in [0.29, 0.717) is 11.8 Å². The van der Waals surface area contributed by atoms with Gasteiger partial charge >= 0.3 is 0 Å². The van der Waals surface area contributed by atoms with Gasteiger partial charge in [-0.2, -0.15) is 0 Å². The van der Waals surface area contributed by atoms with Crippen LogP contribution in [0.5, 0.6) is 0 Å². The molecule has 110 valence electrons. The molecule has 0 heteroatoms. The SMILES string of the molecule is C1=C\CCC2C3c4ccccc4C(c4ccccc43)C2CC/1. The fraction of sp³-hybridized carbons (Fsp3) is 0.364. The van der Waals surface area contributed by atoms with Crippen molar-refractivity contribution < 1.29 is 0 Å². The first-order valence-corrected chi connectivity index (χ1v) is 8.78. The van der Waals surface area contributed by atoms with E-state index >= 15 is 0 Å². The van der Waals surface area contributed by atoms with E-state index in [0.717, 1.165) is 11.8 Å². The predicted octanol–water partition coefficient (Wildman–Crippen LogP) is 5.64. The van der Waals surface area contributed by atoms with Gasteiger partial charge in [0.1, 0.15) is 0 Å². The zero-order valence-corrected chi connectivity index (χ0v) is 12.9. The summed E-state index contributed by atoms with van der Waals surface area (Å²) in [6.07, 6.45) is 10.0. The molecule has 2 atom stereocenters. The van der Waals surface area contributed by atoms with Gasteiger partial charge in [0.2, 0.25) is 0 Å². The van der Waals surface area contributed by atoms with Crippen LogP contribution in [0.3, 0.4) is 0 Å². The van der Waals surface area contributed by atoms with E-state index < -0.39 is 0 Å². The van der Waals surface area contributed by atoms with Crippen molar-refractivity contribution in [1.82, 2.24) is 0 Å². The van der Waals surface area contributed by atoms with Crippen LogP contribution in [0.2, 0.25) is 0 Å². The number of hydrogen-bond donors (Lipinski definition) is 0. The number of rotatable bonds is 0. The van der Waals surface area contributed by atoms with E-state index in [4.69, 9.17) is 0 Å². The minimum atomic E-state index is 0.633. The van der Waals surface area contributed by atoms with E-state index in [9.17, 15) is 0 Å². The first-order chi connectivity index (χ1) is 10.9. The molecule has 0 saturated heterocycles. The van der Waals surface area contributed by atoms with E-state index in [2.05, 4.69) is 60.7 Å². The number of hydrogen-bond acceptors (Lipinski definition) is 0. The monoisotopic (exact) mass is 286 g/mol. The summed E-state index contributed by atoms with van der Waals surface area (Å²) in [7, 11) is 0. The summed E-state index contributed by atoms with van der Waals surface area (Å²) in [5.74, 6) is 2.93. The zero-order valence-electron chi connectivity index (χ0n) is 12.9. The highest BCUT2D eigenvalue weighted by atomic mass is 14.5. The van der Waals surface area contributed by atoms with Crippen molar-refractivity contribution in [3.63, 3.8) is 0 Å². The summed E-state index contributed by atoms with van der Waals surface area (Å²) in [5, 5.41) is 0. The Hall–Kier alpha value is -1.82. The standard InChI is InChI=1S/C22H22/c1-2-4-10-16-15(9-3-1)21-17-11-5-7-13-19(17)22(16)20-14-8-6-12-18(20)21/h1-2,5-8,11-16,21-22H,3-4,9-10H2/b2-1-. The maximum atomic E-state index is 2.41. The Morgan fingerprint density at radius 2 is 0.909 bits per heavy atom. The van der Waals surface area contributed by atoms with Crippen molar-refractivity contribution in [2.75, 3.05) is 0 Å². The van der Waals surface area contributed by atoms with Gasteiger partial charge in [-0.25, -0.2) is 0 Å². The van der Waals surface area contributed by atoms with Gasteiger partial charge in [-0.1, -0.05) is 60.7 Å². The minimum absolute atomic E-state index is 0.633. The van der Waals surface area contributed by atoms with Crippen molar-refractivity contribution in [3.05, 3.63) is 82.9 Å². The van der Waals surface area contributed by atoms with E-state index in [1.807, 2.05) is 0 Å². The van der Waals surface area contributed by atoms with Crippen LogP contribution in [0.4, 0.5) is 0 Å². The largest absolute Gasteiger partial charge is 0.0885 e. The molecule has 2 aromatic carbocycles. The normalized spacial score (nSPS) is 33.1. The molecule has 6 rings (SSSR count). The first-order valence-electron chi connectivity index (χ1n) is 8.78. The molecule has 0 radical (unpaired) electrons. The zero-order chi connectivity index (χ0) is 14.5. The Balaban J connectivity index is 1.75. The quantitative estimate of drug-likeness (QED) is 0.550. The summed E-state index contributed by atoms with van der Waals surface area (Å²) in [5.41, 5.74) is 6.49. The lowest BCUT2D eigenvalue weighted by atomic mass is 9.52. The Morgan fingerprint density at radius 1 is 0.545 bits per heavy atom. The van der Waals surface area contributed by atoms with Gasteiger partial charge in [-0.3, -0.25) is 0 Å². The Kier molecular flexibility index (Phi) is 2.80. The summed E-state index contributed by atoms with van der Waals surface area (Å²) in [6, 6.07) is 18.5. The van der Waals surface area contributed by atoms with E-state index in [1.165, 1.54) is 25.7 Å². The second-order valence-electron chi connectivity index (χ2n) is 7.17. The Bertz CT molecular complexity index is 630. The van der Waals surface area contributed by atoms with Gasteiger partial charge < -0.3 is 0 Å². The molecule has 0 aromatic heterocycles. The van der Waals surface area contributed by atoms with Crippen molar-refractivity contribution in [3.8, 4) is 0 Å². The summed E-state index contributed by atoms with van der Waals surface area (Å²) in [6.45, 7) is 0. The second-order valence-corrected chi connectivity index (χ2v) is 7.17. The van der Waals surface area contributed by atoms with Crippen molar-refractivity contribution in [2.45, 2.75) is 37.5 Å². The fourth-order valence-electron chi connectivity index (χ4n) is 5.48. The molecule has 0 N–H and O–H groups in total. The van der Waals surface area contributed by atoms with Gasteiger partial charge in [0, 0.05) is 11.8 Å². The third-order valence-electron chi connectivity index (χ3n) is 6.24. The van der Waals surface area contributed by atoms with Crippen molar-refractivity contribution in [2.24, 2.45) is 11.8 Å². The van der Waals surface area contributed by atoms with Crippen LogP contribution in [-0.2, 0) is 0 Å². The summed E-state index contributed by atoms with van der Waals surface area (Å²) < 4.78 is 0. The molecule has 0 aliphatic heterocycles. The van der Waals surface area contributed by atoms with E-state index in [1.54, 1.807) is 22.3 Å². The predicted molar refractivity (Wildman–Crippen MR) is 91.2 cm³/mol. The fourth-order valence-corrected chi connectivity index (χ4v) is 5.48. The molecule has 0 saturated carbocycles. The molecule has 22 heavy (non-hydrogen) atoms. The molecule has 0 spiro atoms. The van der Waals surface area contributed by atoms with Crippen molar-refractivity contribution >= 4 is 0 Å². The molecule has 0 heterocycles. The highest BCUT2D eigenvalue weighted by Crippen LogP contribution is 2.60. The molecular weight excluding hydrogens is 264 g/mol. The maximum Gasteiger partial charge on any atom is 0.0127 e. The van der Waals surface area contributed by atoms with Gasteiger partial charge in [-0.15, -0.1) is 0 Å². The van der Waals surface area contributed by atoms with Crippen LogP contribution in [0.25, 0.3) is 0 Å². The van der Waals surface area contributed by atoms with Gasteiger partial charge in [0.25, 0.3) is 0 Å². The smallest absolute Gasteiger partial charge is 0.0127 e. The average molecular weight is 286 g/mol. The lowest BCUT2D eigenvalue weighted by Crippen LogP contribution is -2.40. The molecule has 2 unspecified atom stereocenters. The van der Waals surface area contributed by atoms with Crippen LogP contribution in [0.15, 0.2) is 60.7 Å². The van der Waals surface area contributed by atoms with Gasteiger partial charge in [0.15, 0.2) is 0 Å². The van der Waals surface area contributed by atoms with E-state index in [-0.39, 0.29) is 0 Å². The molecule has 0 amide bonds. The third-order valence-corrected chi connectivity index (χ3v) is 6.24. The topological polar surface area (TPSA) is 0 Å². The molecule has 4 aliphatic carbocycles. The van der Waals surface area contributed by atoms with Crippen LogP contribution < -0.4 is 0 Å². The average Bonchev–Trinajstić information content (AvgIpc) is 2.55. The highest BCUT2D eigenvalue weighted by Gasteiger charge is 2.48. The molecule has 2 bridgehead atoms. The lowest BCUT2D eigenvalue weighted by molar-refractivity contribution is 0.203. The summed E-state index contributed by atoms with van der Waals surface area (Å²) in [4.78, 5) is 0. The minimum Gasteiger partial charge on any atom is -0.0885 e. The van der Waals surface area contributed by atoms with Crippen molar-refractivity contribution in [1.29, 1.82) is 0 Å². The van der Waals surface area contributed by atoms with Gasteiger partial charge in [-0.05, 0) is 59.8 Å². The Labute approximate surface area is 132 Å².